The van der Waals surface area contributed by atoms with Gasteiger partial charge in [-0.2, -0.15) is 0 Å². The van der Waals surface area contributed by atoms with Gasteiger partial charge in [0, 0.05) is 37.8 Å². The van der Waals surface area contributed by atoms with E-state index in [1.165, 1.54) is 24.0 Å². The van der Waals surface area contributed by atoms with Crippen molar-refractivity contribution >= 4 is 0 Å². The summed E-state index contributed by atoms with van der Waals surface area (Å²) in [5.41, 5.74) is 9.01. The van der Waals surface area contributed by atoms with E-state index in [2.05, 4.69) is 55.0 Å². The number of hydrogen-bond donors (Lipinski definition) is 1. The molecule has 3 atom stereocenters. The average Bonchev–Trinajstić information content (AvgIpc) is 3.31. The van der Waals surface area contributed by atoms with Gasteiger partial charge in [0.05, 0.1) is 0 Å². The Morgan fingerprint density at radius 3 is 2.14 bits per heavy atom. The van der Waals surface area contributed by atoms with Crippen molar-refractivity contribution in [1.29, 1.82) is 0 Å². The van der Waals surface area contributed by atoms with Crippen LogP contribution in [-0.2, 0) is 0 Å². The molecule has 0 radical (unpaired) electrons. The van der Waals surface area contributed by atoms with Gasteiger partial charge in [-0.15, -0.1) is 0 Å². The number of nitrogens with zero attached hydrogens (tertiary/aromatic N) is 2. The molecule has 1 aliphatic carbocycles. The first-order valence-corrected chi connectivity index (χ1v) is 8.36. The van der Waals surface area contributed by atoms with Gasteiger partial charge in [0.15, 0.2) is 0 Å². The molecule has 1 aromatic rings. The summed E-state index contributed by atoms with van der Waals surface area (Å²) in [6.45, 7) is 7.53. The zero-order valence-electron chi connectivity index (χ0n) is 13.6. The molecule has 3 rings (SSSR count). The van der Waals surface area contributed by atoms with Crippen LogP contribution in [0.15, 0.2) is 24.3 Å². The van der Waals surface area contributed by atoms with Crippen LogP contribution in [0.4, 0.5) is 0 Å². The first-order chi connectivity index (χ1) is 10.1. The predicted octanol–water partition coefficient (Wildman–Crippen LogP) is 2.59. The van der Waals surface area contributed by atoms with E-state index in [1.807, 2.05) is 0 Å². The summed E-state index contributed by atoms with van der Waals surface area (Å²) in [7, 11) is 2.23. The normalized spacial score (nSPS) is 29.5. The zero-order valence-corrected chi connectivity index (χ0v) is 13.6. The third-order valence-electron chi connectivity index (χ3n) is 5.42. The second-order valence-corrected chi connectivity index (χ2v) is 7.01. The van der Waals surface area contributed by atoms with Crippen molar-refractivity contribution in [2.75, 3.05) is 26.7 Å². The van der Waals surface area contributed by atoms with E-state index in [9.17, 15) is 0 Å². The Morgan fingerprint density at radius 1 is 1.10 bits per heavy atom. The van der Waals surface area contributed by atoms with E-state index in [0.29, 0.717) is 24.7 Å². The van der Waals surface area contributed by atoms with Gasteiger partial charge in [0.1, 0.15) is 0 Å². The Morgan fingerprint density at radius 2 is 1.67 bits per heavy atom. The molecular weight excluding hydrogens is 258 g/mol. The Balaban J connectivity index is 1.74. The van der Waals surface area contributed by atoms with Crippen LogP contribution in [0, 0.1) is 0 Å². The van der Waals surface area contributed by atoms with Crippen molar-refractivity contribution in [3.05, 3.63) is 35.4 Å². The minimum atomic E-state index is 0.358. The fraction of sp³-hybridized carbons (Fsp3) is 0.667. The molecule has 0 amide bonds. The minimum absolute atomic E-state index is 0.358. The van der Waals surface area contributed by atoms with Gasteiger partial charge in [-0.1, -0.05) is 24.3 Å². The van der Waals surface area contributed by atoms with E-state index in [1.54, 1.807) is 0 Å². The first kappa shape index (κ1) is 15.0. The Hall–Kier alpha value is -0.900. The summed E-state index contributed by atoms with van der Waals surface area (Å²) in [4.78, 5) is 5.04. The molecular formula is C18H29N3. The standard InChI is InChI=1S/C18H29N3/c1-13-11-21(12-14(2)20(13)3)18(10-19)17-8-6-16(7-9-17)15-4-5-15/h6-9,13-15,18H,4-5,10-12,19H2,1-3H3. The summed E-state index contributed by atoms with van der Waals surface area (Å²) in [6, 6.07) is 10.8. The highest BCUT2D eigenvalue weighted by molar-refractivity contribution is 5.30. The molecule has 3 heteroatoms. The number of rotatable bonds is 4. The third kappa shape index (κ3) is 3.15. The van der Waals surface area contributed by atoms with E-state index in [0.717, 1.165) is 19.0 Å². The van der Waals surface area contributed by atoms with Gasteiger partial charge in [0.2, 0.25) is 0 Å². The molecule has 1 aliphatic heterocycles. The van der Waals surface area contributed by atoms with Crippen molar-refractivity contribution in [3.8, 4) is 0 Å². The molecule has 1 heterocycles. The highest BCUT2D eigenvalue weighted by Crippen LogP contribution is 2.40. The topological polar surface area (TPSA) is 32.5 Å². The van der Waals surface area contributed by atoms with Crippen molar-refractivity contribution in [1.82, 2.24) is 9.80 Å². The Kier molecular flexibility index (Phi) is 4.34. The van der Waals surface area contributed by atoms with Crippen molar-refractivity contribution < 1.29 is 0 Å². The summed E-state index contributed by atoms with van der Waals surface area (Å²) in [5.74, 6) is 0.832. The summed E-state index contributed by atoms with van der Waals surface area (Å²) >= 11 is 0. The van der Waals surface area contributed by atoms with Gasteiger partial charge in [0.25, 0.3) is 0 Å². The minimum Gasteiger partial charge on any atom is -0.329 e. The molecule has 3 unspecified atom stereocenters. The summed E-state index contributed by atoms with van der Waals surface area (Å²) in [5, 5.41) is 0. The largest absolute Gasteiger partial charge is 0.329 e. The van der Waals surface area contributed by atoms with E-state index in [-0.39, 0.29) is 0 Å². The molecule has 1 saturated heterocycles. The number of piperazine rings is 1. The lowest BCUT2D eigenvalue weighted by molar-refractivity contribution is 0.0352. The zero-order chi connectivity index (χ0) is 15.0. The average molecular weight is 287 g/mol. The van der Waals surface area contributed by atoms with Crippen LogP contribution in [-0.4, -0.2) is 48.6 Å². The monoisotopic (exact) mass is 287 g/mol. The van der Waals surface area contributed by atoms with Gasteiger partial charge in [-0.05, 0) is 50.8 Å². The second kappa shape index (κ2) is 6.07. The number of nitrogens with two attached hydrogens (primary N) is 1. The lowest BCUT2D eigenvalue weighted by Crippen LogP contribution is -2.56. The van der Waals surface area contributed by atoms with Crippen LogP contribution in [0.2, 0.25) is 0 Å². The quantitative estimate of drug-likeness (QED) is 0.924. The number of likely N-dealkylation sites (N-methyl/N-ethyl adjacent to an activating group) is 1. The predicted molar refractivity (Wildman–Crippen MR) is 88.5 cm³/mol. The molecule has 2 N–H and O–H groups in total. The van der Waals surface area contributed by atoms with Crippen LogP contribution in [0.25, 0.3) is 0 Å². The molecule has 0 aromatic heterocycles. The number of benzene rings is 1. The van der Waals surface area contributed by atoms with E-state index in [4.69, 9.17) is 5.73 Å². The number of hydrogen-bond acceptors (Lipinski definition) is 3. The highest BCUT2D eigenvalue weighted by Gasteiger charge is 2.31. The molecule has 0 bridgehead atoms. The van der Waals surface area contributed by atoms with Crippen LogP contribution < -0.4 is 5.73 Å². The molecule has 1 aromatic carbocycles. The molecule has 1 saturated carbocycles. The molecule has 0 spiro atoms. The van der Waals surface area contributed by atoms with Crippen molar-refractivity contribution in [2.24, 2.45) is 5.73 Å². The first-order valence-electron chi connectivity index (χ1n) is 8.36. The second-order valence-electron chi connectivity index (χ2n) is 7.01. The van der Waals surface area contributed by atoms with Gasteiger partial charge in [-0.25, -0.2) is 0 Å². The fourth-order valence-electron chi connectivity index (χ4n) is 3.60. The molecule has 2 aliphatic rings. The maximum atomic E-state index is 6.12. The fourth-order valence-corrected chi connectivity index (χ4v) is 3.60. The lowest BCUT2D eigenvalue weighted by Gasteiger charge is -2.45. The molecule has 116 valence electrons. The maximum Gasteiger partial charge on any atom is 0.0471 e. The summed E-state index contributed by atoms with van der Waals surface area (Å²) in [6.07, 6.45) is 2.74. The molecule has 2 fully saturated rings. The van der Waals surface area contributed by atoms with Crippen LogP contribution in [0.3, 0.4) is 0 Å². The molecule has 3 nitrogen and oxygen atoms in total. The van der Waals surface area contributed by atoms with Gasteiger partial charge in [-0.3, -0.25) is 9.80 Å². The maximum absolute atomic E-state index is 6.12. The van der Waals surface area contributed by atoms with Crippen LogP contribution in [0.5, 0.6) is 0 Å². The lowest BCUT2D eigenvalue weighted by atomic mass is 9.99. The van der Waals surface area contributed by atoms with Gasteiger partial charge >= 0.3 is 0 Å². The third-order valence-corrected chi connectivity index (χ3v) is 5.42. The summed E-state index contributed by atoms with van der Waals surface area (Å²) < 4.78 is 0. The highest BCUT2D eigenvalue weighted by atomic mass is 15.3. The van der Waals surface area contributed by atoms with Crippen molar-refractivity contribution in [3.63, 3.8) is 0 Å². The Bertz CT molecular complexity index is 454. The van der Waals surface area contributed by atoms with E-state index >= 15 is 0 Å². The van der Waals surface area contributed by atoms with Crippen LogP contribution in [0.1, 0.15) is 49.8 Å². The smallest absolute Gasteiger partial charge is 0.0471 e. The SMILES string of the molecule is CC1CN(C(CN)c2ccc(C3CC3)cc2)CC(C)N1C. The van der Waals surface area contributed by atoms with Gasteiger partial charge < -0.3 is 5.73 Å². The van der Waals surface area contributed by atoms with Crippen molar-refractivity contribution in [2.45, 2.75) is 50.7 Å². The van der Waals surface area contributed by atoms with Crippen LogP contribution >= 0.6 is 0 Å². The molecule has 21 heavy (non-hydrogen) atoms. The Labute approximate surface area is 129 Å². The van der Waals surface area contributed by atoms with E-state index < -0.39 is 0 Å².